The highest BCUT2D eigenvalue weighted by molar-refractivity contribution is 5.67. The fraction of sp³-hybridized carbons (Fsp3) is 0.364. The van der Waals surface area contributed by atoms with Gasteiger partial charge in [-0.1, -0.05) is 6.07 Å². The van der Waals surface area contributed by atoms with Crippen LogP contribution in [0.5, 0.6) is 5.75 Å². The Morgan fingerprint density at radius 3 is 2.72 bits per heavy atom. The van der Waals surface area contributed by atoms with Crippen LogP contribution in [0.25, 0.3) is 0 Å². The van der Waals surface area contributed by atoms with Gasteiger partial charge in [-0.25, -0.2) is 0 Å². The molecule has 0 radical (unpaired) electrons. The Kier molecular flexibility index (Phi) is 4.61. The highest BCUT2D eigenvalue weighted by Gasteiger charge is 2.20. The van der Waals surface area contributed by atoms with E-state index >= 15 is 0 Å². The number of hydrogen-bond donors (Lipinski definition) is 2. The molecule has 0 aliphatic rings. The summed E-state index contributed by atoms with van der Waals surface area (Å²) in [7, 11) is 0. The van der Waals surface area contributed by atoms with Crippen LogP contribution in [0.15, 0.2) is 18.2 Å². The van der Waals surface area contributed by atoms with Gasteiger partial charge in [-0.05, 0) is 18.6 Å². The number of aliphatic hydroxyl groups is 1. The smallest absolute Gasteiger partial charge is 0.311 e. The van der Waals surface area contributed by atoms with Gasteiger partial charge in [-0.2, -0.15) is 0 Å². The molecule has 1 rings (SSSR count). The van der Waals surface area contributed by atoms with Crippen LogP contribution < -0.4 is 4.74 Å². The van der Waals surface area contributed by atoms with Gasteiger partial charge in [0.15, 0.2) is 5.75 Å². The fourth-order valence-corrected chi connectivity index (χ4v) is 1.45. The summed E-state index contributed by atoms with van der Waals surface area (Å²) in [6.45, 7) is 1.97. The minimum Gasteiger partial charge on any atom is -0.487 e. The van der Waals surface area contributed by atoms with Gasteiger partial charge in [0.05, 0.1) is 24.1 Å². The van der Waals surface area contributed by atoms with Gasteiger partial charge in [0.25, 0.3) is 0 Å². The summed E-state index contributed by atoms with van der Waals surface area (Å²) in [6.07, 6.45) is -1.79. The second-order valence-corrected chi connectivity index (χ2v) is 3.53. The maximum atomic E-state index is 10.8. The Morgan fingerprint density at radius 1 is 1.56 bits per heavy atom. The van der Waals surface area contributed by atoms with Crippen LogP contribution in [0, 0.1) is 10.1 Å². The molecule has 18 heavy (non-hydrogen) atoms. The van der Waals surface area contributed by atoms with E-state index < -0.39 is 23.4 Å². The second kappa shape index (κ2) is 5.97. The van der Waals surface area contributed by atoms with Crippen LogP contribution in [0.2, 0.25) is 0 Å². The molecule has 1 aromatic carbocycles. The molecule has 1 atom stereocenters. The average Bonchev–Trinajstić information content (AvgIpc) is 2.28. The van der Waals surface area contributed by atoms with Crippen molar-refractivity contribution in [3.63, 3.8) is 0 Å². The van der Waals surface area contributed by atoms with Crippen LogP contribution in [0.3, 0.4) is 0 Å². The summed E-state index contributed by atoms with van der Waals surface area (Å²) in [5, 5.41) is 28.9. The van der Waals surface area contributed by atoms with Crippen molar-refractivity contribution in [3.8, 4) is 5.75 Å². The number of carboxylic acid groups (broad SMARTS) is 1. The second-order valence-electron chi connectivity index (χ2n) is 3.53. The van der Waals surface area contributed by atoms with Gasteiger partial charge in [-0.15, -0.1) is 0 Å². The zero-order valence-electron chi connectivity index (χ0n) is 9.70. The van der Waals surface area contributed by atoms with Crippen LogP contribution in [0.1, 0.15) is 25.0 Å². The van der Waals surface area contributed by atoms with Gasteiger partial charge < -0.3 is 14.9 Å². The van der Waals surface area contributed by atoms with E-state index in [1.165, 1.54) is 12.1 Å². The van der Waals surface area contributed by atoms with Gasteiger partial charge in [-0.3, -0.25) is 14.9 Å². The Bertz CT molecular complexity index is 459. The Balaban J connectivity index is 3.06. The monoisotopic (exact) mass is 255 g/mol. The molecule has 0 aromatic heterocycles. The third-order valence-corrected chi connectivity index (χ3v) is 2.23. The van der Waals surface area contributed by atoms with E-state index in [9.17, 15) is 20.0 Å². The number of aliphatic hydroxyl groups excluding tert-OH is 1. The van der Waals surface area contributed by atoms with E-state index in [2.05, 4.69) is 0 Å². The lowest BCUT2D eigenvalue weighted by Crippen LogP contribution is -2.06. The van der Waals surface area contributed by atoms with Crippen molar-refractivity contribution in [2.45, 2.75) is 19.4 Å². The summed E-state index contributed by atoms with van der Waals surface area (Å²) in [4.78, 5) is 20.6. The summed E-state index contributed by atoms with van der Waals surface area (Å²) in [5.41, 5.74) is -0.119. The van der Waals surface area contributed by atoms with Crippen LogP contribution >= 0.6 is 0 Å². The number of carboxylic acids is 1. The number of nitro benzene ring substituents is 1. The van der Waals surface area contributed by atoms with E-state index in [1.807, 2.05) is 0 Å². The van der Waals surface area contributed by atoms with E-state index in [0.29, 0.717) is 0 Å². The zero-order valence-corrected chi connectivity index (χ0v) is 9.70. The summed E-state index contributed by atoms with van der Waals surface area (Å²) in [6, 6.07) is 3.88. The van der Waals surface area contributed by atoms with Gasteiger partial charge in [0, 0.05) is 6.07 Å². The fourth-order valence-electron chi connectivity index (χ4n) is 1.45. The normalized spacial score (nSPS) is 11.9. The topological polar surface area (TPSA) is 110 Å². The van der Waals surface area contributed by atoms with Crippen molar-refractivity contribution < 1.29 is 24.7 Å². The molecular weight excluding hydrogens is 242 g/mol. The molecule has 0 aliphatic heterocycles. The van der Waals surface area contributed by atoms with E-state index in [4.69, 9.17) is 9.84 Å². The zero-order chi connectivity index (χ0) is 13.7. The molecule has 2 N–H and O–H groups in total. The van der Waals surface area contributed by atoms with E-state index in [0.717, 1.165) is 6.07 Å². The van der Waals surface area contributed by atoms with Crippen molar-refractivity contribution in [3.05, 3.63) is 33.9 Å². The lowest BCUT2D eigenvalue weighted by molar-refractivity contribution is -0.386. The average molecular weight is 255 g/mol. The maximum Gasteiger partial charge on any atom is 0.311 e. The lowest BCUT2D eigenvalue weighted by atomic mass is 10.1. The highest BCUT2D eigenvalue weighted by Crippen LogP contribution is 2.31. The first kappa shape index (κ1) is 13.9. The molecule has 0 spiro atoms. The SMILES string of the molecule is CCOc1ccc(C(O)CC(=O)O)cc1[N+](=O)[O-]. The summed E-state index contributed by atoms with van der Waals surface area (Å²) in [5.74, 6) is -1.09. The van der Waals surface area contributed by atoms with E-state index in [1.54, 1.807) is 6.92 Å². The number of rotatable bonds is 6. The number of ether oxygens (including phenoxy) is 1. The Labute approximate surface area is 103 Å². The predicted molar refractivity (Wildman–Crippen MR) is 61.5 cm³/mol. The number of nitrogens with zero attached hydrogens (tertiary/aromatic N) is 1. The minimum atomic E-state index is -1.28. The van der Waals surface area contributed by atoms with Crippen molar-refractivity contribution in [2.24, 2.45) is 0 Å². The minimum absolute atomic E-state index is 0.0915. The number of benzene rings is 1. The summed E-state index contributed by atoms with van der Waals surface area (Å²) >= 11 is 0. The molecule has 0 aliphatic carbocycles. The first-order valence-corrected chi connectivity index (χ1v) is 5.26. The van der Waals surface area contributed by atoms with Crippen LogP contribution in [0.4, 0.5) is 5.69 Å². The quantitative estimate of drug-likeness (QED) is 0.588. The molecule has 7 nitrogen and oxygen atoms in total. The van der Waals surface area contributed by atoms with Crippen molar-refractivity contribution in [1.29, 1.82) is 0 Å². The molecule has 7 heteroatoms. The van der Waals surface area contributed by atoms with Gasteiger partial charge in [0.2, 0.25) is 0 Å². The molecule has 0 heterocycles. The molecule has 1 aromatic rings. The first-order chi connectivity index (χ1) is 8.45. The number of hydrogen-bond acceptors (Lipinski definition) is 5. The molecule has 0 amide bonds. The van der Waals surface area contributed by atoms with E-state index in [-0.39, 0.29) is 23.6 Å². The molecule has 1 unspecified atom stereocenters. The molecular formula is C11H13NO6. The van der Waals surface area contributed by atoms with Crippen LogP contribution in [-0.4, -0.2) is 27.7 Å². The standard InChI is InChI=1S/C11H13NO6/c1-2-18-10-4-3-7(5-8(10)12(16)17)9(13)6-11(14)15/h3-5,9,13H,2,6H2,1H3,(H,14,15). The molecule has 0 saturated carbocycles. The number of carbonyl (C=O) groups is 1. The van der Waals surface area contributed by atoms with Crippen molar-refractivity contribution in [2.75, 3.05) is 6.61 Å². The maximum absolute atomic E-state index is 10.8. The molecule has 0 bridgehead atoms. The van der Waals surface area contributed by atoms with Gasteiger partial charge >= 0.3 is 11.7 Å². The summed E-state index contributed by atoms with van der Waals surface area (Å²) < 4.78 is 5.07. The number of aliphatic carboxylic acids is 1. The Hall–Kier alpha value is -2.15. The van der Waals surface area contributed by atoms with Crippen molar-refractivity contribution in [1.82, 2.24) is 0 Å². The predicted octanol–water partition coefficient (Wildman–Crippen LogP) is 1.50. The largest absolute Gasteiger partial charge is 0.487 e. The van der Waals surface area contributed by atoms with Crippen molar-refractivity contribution >= 4 is 11.7 Å². The molecule has 98 valence electrons. The van der Waals surface area contributed by atoms with Gasteiger partial charge in [0.1, 0.15) is 0 Å². The molecule has 0 saturated heterocycles. The highest BCUT2D eigenvalue weighted by atomic mass is 16.6. The lowest BCUT2D eigenvalue weighted by Gasteiger charge is -2.10. The first-order valence-electron chi connectivity index (χ1n) is 5.26. The number of nitro groups is 1. The Morgan fingerprint density at radius 2 is 2.22 bits per heavy atom. The third kappa shape index (κ3) is 3.42. The molecule has 0 fully saturated rings. The van der Waals surface area contributed by atoms with Crippen LogP contribution in [-0.2, 0) is 4.79 Å². The third-order valence-electron chi connectivity index (χ3n) is 2.23.